The second-order valence-corrected chi connectivity index (χ2v) is 25.1. The summed E-state index contributed by atoms with van der Waals surface area (Å²) in [7, 11) is -5.52. The molecule has 3 heterocycles. The predicted octanol–water partition coefficient (Wildman–Crippen LogP) is 7.81. The van der Waals surface area contributed by atoms with Crippen molar-refractivity contribution in [3.8, 4) is 0 Å². The predicted molar refractivity (Wildman–Crippen MR) is 269 cm³/mol. The number of benzene rings is 3. The number of furan rings is 3. The third kappa shape index (κ3) is 20.9. The van der Waals surface area contributed by atoms with Gasteiger partial charge < -0.3 is 40.6 Å². The lowest BCUT2D eigenvalue weighted by Crippen LogP contribution is -2.41. The molecule has 16 nitrogen and oxygen atoms in total. The molecular formula is C47H71ClN6O10S3. The monoisotopic (exact) mass is 1010 g/mol. The first-order valence-corrected chi connectivity index (χ1v) is 26.9. The third-order valence-electron chi connectivity index (χ3n) is 9.74. The first-order valence-electron chi connectivity index (χ1n) is 21.6. The Balaban J connectivity index is 0.000000314. The zero-order valence-corrected chi connectivity index (χ0v) is 43.5. The molecule has 0 saturated heterocycles. The molecule has 0 aliphatic carbocycles. The first-order chi connectivity index (χ1) is 31.0. The van der Waals surface area contributed by atoms with Gasteiger partial charge in [0.15, 0.2) is 0 Å². The fraction of sp³-hybridized carbons (Fsp3) is 0.468. The van der Waals surface area contributed by atoms with E-state index in [-0.39, 0.29) is 36.8 Å². The minimum absolute atomic E-state index is 0.0862. The van der Waals surface area contributed by atoms with E-state index in [0.717, 1.165) is 35.5 Å². The topological polar surface area (TPSA) is 273 Å². The average molecular weight is 1010 g/mol. The Hall–Kier alpha value is -4.15. The van der Waals surface area contributed by atoms with Gasteiger partial charge in [0.1, 0.15) is 23.0 Å². The van der Waals surface area contributed by atoms with Gasteiger partial charge in [-0.1, -0.05) is 69.2 Å². The summed E-state index contributed by atoms with van der Waals surface area (Å²) in [6.07, 6.45) is 5.50. The maximum atomic E-state index is 12.5. The van der Waals surface area contributed by atoms with Gasteiger partial charge in [-0.05, 0) is 121 Å². The maximum Gasteiger partial charge on any atom is 0.261 e. The number of hydrogen-bond acceptors (Lipinski definition) is 14. The Labute approximate surface area is 401 Å². The molecule has 0 amide bonds. The van der Waals surface area contributed by atoms with Crippen molar-refractivity contribution < 1.29 is 43.3 Å². The van der Waals surface area contributed by atoms with E-state index < -0.39 is 29.1 Å². The largest absolute Gasteiger partial charge is 0.464 e. The average Bonchev–Trinajstić information content (AvgIpc) is 4.06. The van der Waals surface area contributed by atoms with E-state index in [4.69, 9.17) is 41.1 Å². The smallest absolute Gasteiger partial charge is 0.261 e. The van der Waals surface area contributed by atoms with E-state index in [0.29, 0.717) is 55.4 Å². The van der Waals surface area contributed by atoms with E-state index in [1.807, 2.05) is 55.4 Å². The Bertz CT molecular complexity index is 2770. The molecule has 0 atom stereocenters. The summed E-state index contributed by atoms with van der Waals surface area (Å²) in [4.78, 5) is 10.1. The van der Waals surface area contributed by atoms with Gasteiger partial charge in [-0.3, -0.25) is 0 Å². The van der Waals surface area contributed by atoms with E-state index in [2.05, 4.69) is 28.6 Å². The summed E-state index contributed by atoms with van der Waals surface area (Å²) in [5.74, 6) is 0.777. The van der Waals surface area contributed by atoms with Crippen LogP contribution in [0.5, 0.6) is 0 Å². The fourth-order valence-electron chi connectivity index (χ4n) is 4.98. The molecule has 0 unspecified atom stereocenters. The minimum Gasteiger partial charge on any atom is -0.464 e. The number of fused-ring (bicyclic) bond motifs is 3. The molecule has 0 spiro atoms. The van der Waals surface area contributed by atoms with Crippen LogP contribution in [0.4, 0.5) is 0 Å². The van der Waals surface area contributed by atoms with Crippen LogP contribution in [-0.2, 0) is 33.9 Å². The van der Waals surface area contributed by atoms with Gasteiger partial charge in [-0.2, -0.15) is 0 Å². The van der Waals surface area contributed by atoms with Crippen molar-refractivity contribution in [3.05, 3.63) is 91.6 Å². The maximum absolute atomic E-state index is 12.5. The summed E-state index contributed by atoms with van der Waals surface area (Å²) in [5, 5.41) is 5.65. The second kappa shape index (κ2) is 26.0. The van der Waals surface area contributed by atoms with Gasteiger partial charge in [-0.15, -0.1) is 0 Å². The quantitative estimate of drug-likeness (QED) is 0.0376. The molecule has 374 valence electrons. The summed E-state index contributed by atoms with van der Waals surface area (Å²) >= 11 is 0. The zero-order valence-electron chi connectivity index (χ0n) is 40.3. The molecule has 0 saturated carbocycles. The highest BCUT2D eigenvalue weighted by atomic mass is 35.7. The molecule has 3 aromatic heterocycles. The Morgan fingerprint density at radius 2 is 0.896 bits per heavy atom. The van der Waals surface area contributed by atoms with Crippen molar-refractivity contribution in [1.82, 2.24) is 14.8 Å². The summed E-state index contributed by atoms with van der Waals surface area (Å²) in [5.41, 5.74) is 18.0. The number of aldehydes is 1. The Morgan fingerprint density at radius 1 is 0.552 bits per heavy atom. The van der Waals surface area contributed by atoms with E-state index in [9.17, 15) is 30.0 Å². The van der Waals surface area contributed by atoms with Crippen molar-refractivity contribution in [1.29, 1.82) is 0 Å². The Kier molecular flexibility index (Phi) is 22.9. The molecule has 0 radical (unpaired) electrons. The van der Waals surface area contributed by atoms with E-state index >= 15 is 0 Å². The van der Waals surface area contributed by atoms with Crippen LogP contribution in [0.15, 0.2) is 120 Å². The number of carbonyl (C=O) groups excluding carboxylic acids is 1. The van der Waals surface area contributed by atoms with Crippen LogP contribution < -0.4 is 32.0 Å². The normalized spacial score (nSPS) is 12.4. The fourth-order valence-corrected chi connectivity index (χ4v) is 8.32. The molecule has 9 N–H and O–H groups in total. The highest BCUT2D eigenvalue weighted by Crippen LogP contribution is 2.24. The van der Waals surface area contributed by atoms with Crippen LogP contribution >= 0.6 is 10.7 Å². The van der Waals surface area contributed by atoms with Crippen LogP contribution in [0.2, 0.25) is 0 Å². The number of nitrogens with one attached hydrogen (secondary N) is 3. The number of carbonyl (C=O) groups is 1. The van der Waals surface area contributed by atoms with Crippen molar-refractivity contribution in [2.75, 3.05) is 45.8 Å². The molecular weight excluding hydrogens is 940 g/mol. The first kappa shape index (κ1) is 59.0. The molecule has 0 aliphatic rings. The van der Waals surface area contributed by atoms with Gasteiger partial charge in [0, 0.05) is 52.4 Å². The number of nitrogens with two attached hydrogens (primary N) is 3. The van der Waals surface area contributed by atoms with Crippen molar-refractivity contribution in [2.24, 2.45) is 45.3 Å². The molecule has 67 heavy (non-hydrogen) atoms. The highest BCUT2D eigenvalue weighted by molar-refractivity contribution is 8.13. The lowest BCUT2D eigenvalue weighted by molar-refractivity contribution is -0.110. The van der Waals surface area contributed by atoms with Crippen molar-refractivity contribution >= 4 is 79.0 Å². The van der Waals surface area contributed by atoms with Crippen LogP contribution in [-0.4, -0.2) is 77.4 Å². The van der Waals surface area contributed by atoms with Gasteiger partial charge in [0.05, 0.1) is 33.5 Å². The minimum atomic E-state index is -3.64. The highest BCUT2D eigenvalue weighted by Gasteiger charge is 2.24. The van der Waals surface area contributed by atoms with Gasteiger partial charge >= 0.3 is 0 Å². The second-order valence-electron chi connectivity index (χ2n) is 19.0. The lowest BCUT2D eigenvalue weighted by Gasteiger charge is -2.26. The van der Waals surface area contributed by atoms with Crippen LogP contribution in [0.25, 0.3) is 32.9 Å². The number of halogens is 1. The van der Waals surface area contributed by atoms with Crippen molar-refractivity contribution in [3.63, 3.8) is 0 Å². The zero-order chi connectivity index (χ0) is 50.9. The third-order valence-corrected chi connectivity index (χ3v) is 13.9. The SMILES string of the molecule is CC(C)(CN)CN.CC(C)(CN)CNS(=O)(=O)c1ccc2occc2c1.CC(C)C=O.CC(C)CNCC(C)(C)CNS(=O)(=O)c1ccc2occc2c1.O=S(=O)(Cl)c1ccc2occc2c1. The molecule has 0 fully saturated rings. The molecule has 6 rings (SSSR count). The molecule has 0 bridgehead atoms. The Morgan fingerprint density at radius 3 is 1.21 bits per heavy atom. The molecule has 3 aromatic carbocycles. The van der Waals surface area contributed by atoms with E-state index in [1.54, 1.807) is 60.9 Å². The summed E-state index contributed by atoms with van der Waals surface area (Å²) in [6, 6.07) is 19.3. The van der Waals surface area contributed by atoms with Crippen LogP contribution in [0.1, 0.15) is 69.2 Å². The summed E-state index contributed by atoms with van der Waals surface area (Å²) < 4.78 is 91.9. The van der Waals surface area contributed by atoms with Crippen LogP contribution in [0.3, 0.4) is 0 Å². The molecule has 6 aromatic rings. The van der Waals surface area contributed by atoms with Gasteiger partial charge in [0.2, 0.25) is 20.0 Å². The summed E-state index contributed by atoms with van der Waals surface area (Å²) in [6.45, 7) is 24.1. The van der Waals surface area contributed by atoms with Gasteiger partial charge in [0.25, 0.3) is 9.05 Å². The van der Waals surface area contributed by atoms with Crippen molar-refractivity contribution in [2.45, 2.75) is 83.9 Å². The van der Waals surface area contributed by atoms with Crippen LogP contribution in [0, 0.1) is 28.1 Å². The number of hydrogen-bond donors (Lipinski definition) is 6. The van der Waals surface area contributed by atoms with Gasteiger partial charge in [-0.25, -0.2) is 34.7 Å². The van der Waals surface area contributed by atoms with E-state index in [1.165, 1.54) is 30.7 Å². The number of sulfonamides is 2. The molecule has 0 aliphatic heterocycles. The standard InChI is InChI=1S/C17H26N2O3S.C13H18N2O3S.C8H5ClO3S.C5H14N2.C4H8O/c1-13(2)10-18-11-17(3,4)12-19-23(20,21)15-5-6-16-14(9-15)7-8-22-16;1-13(2,8-14)9-15-19(16,17)11-3-4-12-10(7-11)5-6-18-12;9-13(10,11)7-1-2-8-6(5-7)3-4-12-8;1-5(2,3-6)4-7;1-4(2)3-5/h5-9,13,18-19H,10-12H2,1-4H3;3-7,15H,8-9,14H2,1-2H3;1-5H;3-4,6-7H2,1-2H3;3-4H,1-2H3. The molecule has 20 heteroatoms. The number of rotatable bonds is 17. The lowest BCUT2D eigenvalue weighted by atomic mass is 9.94.